The zero-order valence-electron chi connectivity index (χ0n) is 14.1. The Morgan fingerprint density at radius 3 is 2.62 bits per heavy atom. The maximum Gasteiger partial charge on any atom is 0.276 e. The number of ether oxygens (including phenoxy) is 1. The van der Waals surface area contributed by atoms with E-state index >= 15 is 0 Å². The summed E-state index contributed by atoms with van der Waals surface area (Å²) in [4.78, 5) is 23.9. The fraction of sp³-hybridized carbons (Fsp3) is 0.100. The molecule has 0 aliphatic heterocycles. The monoisotopic (exact) mass is 412 g/mol. The first kappa shape index (κ1) is 17.9. The van der Waals surface area contributed by atoms with Crippen molar-refractivity contribution in [2.45, 2.75) is 6.92 Å². The average molecular weight is 413 g/mol. The second kappa shape index (κ2) is 8.01. The highest BCUT2D eigenvalue weighted by Crippen LogP contribution is 2.32. The number of hydrogen-bond acceptors (Lipinski definition) is 3. The highest BCUT2D eigenvalue weighted by molar-refractivity contribution is 9.10. The molecule has 0 fully saturated rings. The molecule has 0 saturated carbocycles. The molecule has 2 amide bonds. The lowest BCUT2D eigenvalue weighted by Gasteiger charge is -2.11. The summed E-state index contributed by atoms with van der Waals surface area (Å²) < 4.78 is 6.34. The van der Waals surface area contributed by atoms with Crippen LogP contribution >= 0.6 is 15.9 Å². The van der Waals surface area contributed by atoms with Crippen molar-refractivity contribution in [1.29, 1.82) is 0 Å². The lowest BCUT2D eigenvalue weighted by atomic mass is 10.1. The molecule has 6 heteroatoms. The molecule has 0 bridgehead atoms. The van der Waals surface area contributed by atoms with E-state index in [0.29, 0.717) is 11.3 Å². The largest absolute Gasteiger partial charge is 0.483 e. The van der Waals surface area contributed by atoms with Gasteiger partial charge in [0.2, 0.25) is 0 Å². The second-order valence-electron chi connectivity index (χ2n) is 5.76. The zero-order valence-corrected chi connectivity index (χ0v) is 15.7. The lowest BCUT2D eigenvalue weighted by Crippen LogP contribution is -2.43. The first-order valence-electron chi connectivity index (χ1n) is 8.00. The number of halogens is 1. The van der Waals surface area contributed by atoms with Crippen LogP contribution in [0.4, 0.5) is 0 Å². The second-order valence-corrected chi connectivity index (χ2v) is 6.55. The predicted octanol–water partition coefficient (Wildman–Crippen LogP) is 3.75. The number of rotatable bonds is 4. The molecule has 0 heterocycles. The molecular formula is C20H17BrN2O3. The Morgan fingerprint density at radius 2 is 1.81 bits per heavy atom. The van der Waals surface area contributed by atoms with Gasteiger partial charge in [0.1, 0.15) is 5.75 Å². The molecule has 0 aliphatic carbocycles. The van der Waals surface area contributed by atoms with Gasteiger partial charge in [0.05, 0.1) is 4.47 Å². The molecular weight excluding hydrogens is 396 g/mol. The topological polar surface area (TPSA) is 67.4 Å². The van der Waals surface area contributed by atoms with Gasteiger partial charge in [0.15, 0.2) is 6.61 Å². The molecule has 132 valence electrons. The number of carbonyl (C=O) groups excluding carboxylic acids is 2. The van der Waals surface area contributed by atoms with Gasteiger partial charge in [-0.05, 0) is 51.8 Å². The third kappa shape index (κ3) is 4.21. The maximum absolute atomic E-state index is 12.0. The molecule has 3 aromatic rings. The van der Waals surface area contributed by atoms with Crippen LogP contribution in [-0.2, 0) is 4.79 Å². The van der Waals surface area contributed by atoms with Crippen LogP contribution in [0.1, 0.15) is 15.9 Å². The van der Waals surface area contributed by atoms with Gasteiger partial charge in [-0.2, -0.15) is 0 Å². The molecule has 5 nitrogen and oxygen atoms in total. The molecule has 3 aromatic carbocycles. The summed E-state index contributed by atoms with van der Waals surface area (Å²) >= 11 is 3.51. The lowest BCUT2D eigenvalue weighted by molar-refractivity contribution is -0.123. The van der Waals surface area contributed by atoms with Gasteiger partial charge in [0.25, 0.3) is 11.8 Å². The summed E-state index contributed by atoms with van der Waals surface area (Å²) in [5, 5.41) is 2.07. The Hall–Kier alpha value is -2.86. The van der Waals surface area contributed by atoms with Crippen LogP contribution in [0.2, 0.25) is 0 Å². The van der Waals surface area contributed by atoms with Crippen molar-refractivity contribution < 1.29 is 14.3 Å². The van der Waals surface area contributed by atoms with E-state index in [2.05, 4.69) is 26.8 Å². The minimum absolute atomic E-state index is 0.217. The molecule has 0 aromatic heterocycles. The highest BCUT2D eigenvalue weighted by atomic mass is 79.9. The van der Waals surface area contributed by atoms with Crippen molar-refractivity contribution >= 4 is 38.5 Å². The Balaban J connectivity index is 1.56. The zero-order chi connectivity index (χ0) is 18.5. The van der Waals surface area contributed by atoms with Gasteiger partial charge in [-0.3, -0.25) is 20.4 Å². The molecule has 2 N–H and O–H groups in total. The molecule has 3 rings (SSSR count). The summed E-state index contributed by atoms with van der Waals surface area (Å²) in [6, 6.07) is 18.7. The van der Waals surface area contributed by atoms with E-state index in [0.717, 1.165) is 20.8 Å². The third-order valence-corrected chi connectivity index (χ3v) is 4.60. The van der Waals surface area contributed by atoms with Crippen molar-refractivity contribution in [3.8, 4) is 5.75 Å². The van der Waals surface area contributed by atoms with Gasteiger partial charge in [0, 0.05) is 5.56 Å². The van der Waals surface area contributed by atoms with E-state index in [9.17, 15) is 9.59 Å². The normalized spacial score (nSPS) is 10.4. The maximum atomic E-state index is 12.0. The number of benzene rings is 3. The minimum Gasteiger partial charge on any atom is -0.483 e. The quantitative estimate of drug-likeness (QED) is 0.641. The molecule has 0 unspecified atom stereocenters. The first-order valence-corrected chi connectivity index (χ1v) is 8.80. The number of carbonyl (C=O) groups is 2. The van der Waals surface area contributed by atoms with E-state index in [1.165, 1.54) is 0 Å². The summed E-state index contributed by atoms with van der Waals surface area (Å²) in [5.74, 6) is -0.274. The van der Waals surface area contributed by atoms with Crippen LogP contribution in [0.15, 0.2) is 65.1 Å². The smallest absolute Gasteiger partial charge is 0.276 e. The van der Waals surface area contributed by atoms with E-state index in [1.54, 1.807) is 24.3 Å². The van der Waals surface area contributed by atoms with E-state index in [-0.39, 0.29) is 12.5 Å². The van der Waals surface area contributed by atoms with Gasteiger partial charge in [-0.1, -0.05) is 48.0 Å². The Labute approximate surface area is 159 Å². The van der Waals surface area contributed by atoms with Crippen LogP contribution in [0, 0.1) is 6.92 Å². The highest BCUT2D eigenvalue weighted by Gasteiger charge is 2.10. The van der Waals surface area contributed by atoms with Gasteiger partial charge >= 0.3 is 0 Å². The Morgan fingerprint density at radius 1 is 1.00 bits per heavy atom. The first-order chi connectivity index (χ1) is 12.5. The molecule has 0 spiro atoms. The summed E-state index contributed by atoms with van der Waals surface area (Å²) in [5.41, 5.74) is 6.17. The average Bonchev–Trinajstić information content (AvgIpc) is 2.65. The molecule has 0 saturated heterocycles. The Bertz CT molecular complexity index is 972. The van der Waals surface area contributed by atoms with E-state index in [4.69, 9.17) is 4.74 Å². The van der Waals surface area contributed by atoms with Crippen LogP contribution < -0.4 is 15.6 Å². The molecule has 0 radical (unpaired) electrons. The van der Waals surface area contributed by atoms with Crippen LogP contribution in [0.25, 0.3) is 10.8 Å². The fourth-order valence-electron chi connectivity index (χ4n) is 2.49. The summed E-state index contributed by atoms with van der Waals surface area (Å²) in [6.45, 7) is 1.68. The van der Waals surface area contributed by atoms with Gasteiger partial charge in [-0.15, -0.1) is 0 Å². The van der Waals surface area contributed by atoms with Crippen molar-refractivity contribution in [3.63, 3.8) is 0 Å². The summed E-state index contributed by atoms with van der Waals surface area (Å²) in [6.07, 6.45) is 0. The standard InChI is InChI=1S/C20H17BrN2O3/c1-13-5-4-7-15(11-13)20(25)23-22-18(24)12-26-17-10-9-14-6-2-3-8-16(14)19(17)21/h2-11H,12H2,1H3,(H,22,24)(H,23,25). The minimum atomic E-state index is -0.453. The number of hydrazine groups is 1. The van der Waals surface area contributed by atoms with Crippen molar-refractivity contribution in [1.82, 2.24) is 10.9 Å². The number of fused-ring (bicyclic) bond motifs is 1. The fourth-order valence-corrected chi connectivity index (χ4v) is 3.10. The van der Waals surface area contributed by atoms with Gasteiger partial charge in [-0.25, -0.2) is 0 Å². The number of amides is 2. The van der Waals surface area contributed by atoms with Crippen molar-refractivity contribution in [3.05, 3.63) is 76.3 Å². The van der Waals surface area contributed by atoms with Crippen LogP contribution in [0.5, 0.6) is 5.75 Å². The van der Waals surface area contributed by atoms with Gasteiger partial charge < -0.3 is 4.74 Å². The van der Waals surface area contributed by atoms with Crippen LogP contribution in [0.3, 0.4) is 0 Å². The SMILES string of the molecule is Cc1cccc(C(=O)NNC(=O)COc2ccc3ccccc3c2Br)c1. The van der Waals surface area contributed by atoms with E-state index in [1.807, 2.05) is 43.3 Å². The third-order valence-electron chi connectivity index (χ3n) is 3.78. The van der Waals surface area contributed by atoms with Crippen LogP contribution in [-0.4, -0.2) is 18.4 Å². The van der Waals surface area contributed by atoms with Crippen molar-refractivity contribution in [2.75, 3.05) is 6.61 Å². The molecule has 26 heavy (non-hydrogen) atoms. The summed E-state index contributed by atoms with van der Waals surface area (Å²) in [7, 11) is 0. The number of nitrogens with one attached hydrogen (secondary N) is 2. The predicted molar refractivity (Wildman–Crippen MR) is 104 cm³/mol. The molecule has 0 aliphatic rings. The number of hydrogen-bond donors (Lipinski definition) is 2. The number of aryl methyl sites for hydroxylation is 1. The van der Waals surface area contributed by atoms with E-state index < -0.39 is 5.91 Å². The molecule has 0 atom stereocenters. The Kier molecular flexibility index (Phi) is 5.53. The van der Waals surface area contributed by atoms with Crippen molar-refractivity contribution in [2.24, 2.45) is 0 Å².